The van der Waals surface area contributed by atoms with Gasteiger partial charge in [0.15, 0.2) is 11.5 Å². The van der Waals surface area contributed by atoms with Gasteiger partial charge in [-0.25, -0.2) is 0 Å². The fraction of sp³-hybridized carbons (Fsp3) is 0.0870. The highest BCUT2D eigenvalue weighted by atomic mass is 16.7. The van der Waals surface area contributed by atoms with Crippen LogP contribution in [0, 0.1) is 11.3 Å². The number of fused-ring (bicyclic) bond motifs is 1. The van der Waals surface area contributed by atoms with Gasteiger partial charge >= 0.3 is 0 Å². The summed E-state index contributed by atoms with van der Waals surface area (Å²) in [5.41, 5.74) is 3.25. The second-order valence-electron chi connectivity index (χ2n) is 6.05. The molecule has 0 amide bonds. The molecule has 0 unspecified atom stereocenters. The molecule has 0 radical (unpaired) electrons. The SMILES string of the molecule is N#C/C(=C/c1ccccc1OCc1ccccc1)c1ccc2c(c1)OCO2. The van der Waals surface area contributed by atoms with Crippen molar-refractivity contribution in [2.45, 2.75) is 6.61 Å². The molecule has 0 saturated heterocycles. The van der Waals surface area contributed by atoms with E-state index in [4.69, 9.17) is 14.2 Å². The van der Waals surface area contributed by atoms with Gasteiger partial charge in [0.2, 0.25) is 6.79 Å². The van der Waals surface area contributed by atoms with Crippen LogP contribution in [0.3, 0.4) is 0 Å². The minimum atomic E-state index is 0.209. The maximum Gasteiger partial charge on any atom is 0.231 e. The third-order valence-electron chi connectivity index (χ3n) is 4.26. The minimum absolute atomic E-state index is 0.209. The standard InChI is InChI=1S/C23H17NO3/c24-14-20(18-10-11-22-23(13-18)27-16-26-22)12-19-8-4-5-9-21(19)25-15-17-6-2-1-3-7-17/h1-13H,15-16H2/b20-12-. The van der Waals surface area contributed by atoms with Crippen LogP contribution in [0.25, 0.3) is 11.6 Å². The number of nitriles is 1. The lowest BCUT2D eigenvalue weighted by Gasteiger charge is -2.10. The Bertz CT molecular complexity index is 1020. The van der Waals surface area contributed by atoms with Crippen molar-refractivity contribution in [3.8, 4) is 23.3 Å². The first kappa shape index (κ1) is 16.7. The van der Waals surface area contributed by atoms with Crippen molar-refractivity contribution >= 4 is 11.6 Å². The summed E-state index contributed by atoms with van der Waals surface area (Å²) in [6, 6.07) is 25.4. The topological polar surface area (TPSA) is 51.5 Å². The smallest absolute Gasteiger partial charge is 0.231 e. The van der Waals surface area contributed by atoms with E-state index < -0.39 is 0 Å². The Hall–Kier alpha value is -3.71. The highest BCUT2D eigenvalue weighted by Gasteiger charge is 2.15. The molecule has 0 spiro atoms. The molecule has 1 heterocycles. The molecule has 27 heavy (non-hydrogen) atoms. The summed E-state index contributed by atoms with van der Waals surface area (Å²) in [7, 11) is 0. The molecule has 4 heteroatoms. The first-order chi connectivity index (χ1) is 13.3. The molecule has 0 atom stereocenters. The van der Waals surface area contributed by atoms with Crippen LogP contribution >= 0.6 is 0 Å². The zero-order valence-electron chi connectivity index (χ0n) is 14.6. The van der Waals surface area contributed by atoms with Gasteiger partial charge in [-0.2, -0.15) is 5.26 Å². The number of allylic oxidation sites excluding steroid dienone is 1. The van der Waals surface area contributed by atoms with E-state index in [-0.39, 0.29) is 6.79 Å². The van der Waals surface area contributed by atoms with E-state index in [9.17, 15) is 5.26 Å². The number of hydrogen-bond donors (Lipinski definition) is 0. The van der Waals surface area contributed by atoms with Crippen LogP contribution in [0.5, 0.6) is 17.2 Å². The summed E-state index contributed by atoms with van der Waals surface area (Å²) < 4.78 is 16.7. The molecule has 0 fully saturated rings. The average molecular weight is 355 g/mol. The number of nitrogens with zero attached hydrogens (tertiary/aromatic N) is 1. The monoisotopic (exact) mass is 355 g/mol. The van der Waals surface area contributed by atoms with Crippen molar-refractivity contribution in [2.24, 2.45) is 0 Å². The van der Waals surface area contributed by atoms with Gasteiger partial charge in [0, 0.05) is 5.56 Å². The summed E-state index contributed by atoms with van der Waals surface area (Å²) in [5, 5.41) is 9.66. The number of hydrogen-bond acceptors (Lipinski definition) is 4. The van der Waals surface area contributed by atoms with Crippen LogP contribution in [0.4, 0.5) is 0 Å². The summed E-state index contributed by atoms with van der Waals surface area (Å²) in [6.45, 7) is 0.679. The van der Waals surface area contributed by atoms with E-state index >= 15 is 0 Å². The molecule has 132 valence electrons. The van der Waals surface area contributed by atoms with Gasteiger partial charge < -0.3 is 14.2 Å². The molecule has 0 aromatic heterocycles. The predicted molar refractivity (Wildman–Crippen MR) is 103 cm³/mol. The lowest BCUT2D eigenvalue weighted by molar-refractivity contribution is 0.174. The molecular formula is C23H17NO3. The molecule has 0 bridgehead atoms. The van der Waals surface area contributed by atoms with Gasteiger partial charge in [-0.15, -0.1) is 0 Å². The largest absolute Gasteiger partial charge is 0.488 e. The van der Waals surface area contributed by atoms with E-state index in [0.717, 1.165) is 22.4 Å². The van der Waals surface area contributed by atoms with E-state index in [1.54, 1.807) is 0 Å². The Morgan fingerprint density at radius 1 is 0.963 bits per heavy atom. The molecular weight excluding hydrogens is 338 g/mol. The third kappa shape index (κ3) is 3.78. The molecule has 0 aliphatic carbocycles. The second-order valence-corrected chi connectivity index (χ2v) is 6.05. The van der Waals surface area contributed by atoms with Gasteiger partial charge in [-0.1, -0.05) is 48.5 Å². The summed E-state index contributed by atoms with van der Waals surface area (Å²) in [5.74, 6) is 2.08. The van der Waals surface area contributed by atoms with Gasteiger partial charge in [-0.3, -0.25) is 0 Å². The first-order valence-electron chi connectivity index (χ1n) is 8.61. The molecule has 4 rings (SSSR count). The van der Waals surface area contributed by atoms with Crippen molar-refractivity contribution in [3.05, 3.63) is 89.5 Å². The van der Waals surface area contributed by atoms with Crippen LogP contribution in [0.1, 0.15) is 16.7 Å². The zero-order chi connectivity index (χ0) is 18.5. The van der Waals surface area contributed by atoms with Crippen molar-refractivity contribution < 1.29 is 14.2 Å². The van der Waals surface area contributed by atoms with E-state index in [0.29, 0.717) is 23.7 Å². The Morgan fingerprint density at radius 2 is 1.74 bits per heavy atom. The summed E-state index contributed by atoms with van der Waals surface area (Å²) in [4.78, 5) is 0. The molecule has 1 aliphatic heterocycles. The average Bonchev–Trinajstić information content (AvgIpc) is 3.20. The van der Waals surface area contributed by atoms with Crippen LogP contribution < -0.4 is 14.2 Å². The van der Waals surface area contributed by atoms with Crippen LogP contribution in [0.2, 0.25) is 0 Å². The van der Waals surface area contributed by atoms with Gasteiger partial charge in [0.1, 0.15) is 12.4 Å². The molecule has 3 aromatic rings. The maximum atomic E-state index is 9.66. The Labute approximate surface area is 157 Å². The van der Waals surface area contributed by atoms with Gasteiger partial charge in [0.25, 0.3) is 0 Å². The molecule has 0 saturated carbocycles. The second kappa shape index (κ2) is 7.67. The number of benzene rings is 3. The molecule has 3 aromatic carbocycles. The highest BCUT2D eigenvalue weighted by molar-refractivity contribution is 5.91. The Kier molecular flexibility index (Phi) is 4.76. The van der Waals surface area contributed by atoms with E-state index in [1.807, 2.05) is 78.9 Å². The zero-order valence-corrected chi connectivity index (χ0v) is 14.6. The molecule has 0 N–H and O–H groups in total. The number of ether oxygens (including phenoxy) is 3. The number of rotatable bonds is 5. The van der Waals surface area contributed by atoms with Crippen molar-refractivity contribution in [1.29, 1.82) is 5.26 Å². The molecule has 4 nitrogen and oxygen atoms in total. The quantitative estimate of drug-likeness (QED) is 0.474. The van der Waals surface area contributed by atoms with Crippen LogP contribution in [-0.4, -0.2) is 6.79 Å². The fourth-order valence-electron chi connectivity index (χ4n) is 2.87. The van der Waals surface area contributed by atoms with Crippen molar-refractivity contribution in [3.63, 3.8) is 0 Å². The predicted octanol–water partition coefficient (Wildman–Crippen LogP) is 5.06. The first-order valence-corrected chi connectivity index (χ1v) is 8.61. The Balaban J connectivity index is 1.61. The lowest BCUT2D eigenvalue weighted by Crippen LogP contribution is -1.96. The number of para-hydroxylation sites is 1. The van der Waals surface area contributed by atoms with E-state index in [1.165, 1.54) is 0 Å². The summed E-state index contributed by atoms with van der Waals surface area (Å²) in [6.07, 6.45) is 1.83. The normalized spacial score (nSPS) is 12.5. The maximum absolute atomic E-state index is 9.66. The van der Waals surface area contributed by atoms with Crippen LogP contribution in [0.15, 0.2) is 72.8 Å². The third-order valence-corrected chi connectivity index (χ3v) is 4.26. The fourth-order valence-corrected chi connectivity index (χ4v) is 2.87. The van der Waals surface area contributed by atoms with Gasteiger partial charge in [-0.05, 0) is 41.5 Å². The summed E-state index contributed by atoms with van der Waals surface area (Å²) >= 11 is 0. The van der Waals surface area contributed by atoms with E-state index in [2.05, 4.69) is 6.07 Å². The molecule has 1 aliphatic rings. The lowest BCUT2D eigenvalue weighted by atomic mass is 10.0. The van der Waals surface area contributed by atoms with Crippen molar-refractivity contribution in [1.82, 2.24) is 0 Å². The Morgan fingerprint density at radius 3 is 2.59 bits per heavy atom. The minimum Gasteiger partial charge on any atom is -0.488 e. The van der Waals surface area contributed by atoms with Gasteiger partial charge in [0.05, 0.1) is 11.6 Å². The van der Waals surface area contributed by atoms with Crippen LogP contribution in [-0.2, 0) is 6.61 Å². The highest BCUT2D eigenvalue weighted by Crippen LogP contribution is 2.35. The van der Waals surface area contributed by atoms with Crippen molar-refractivity contribution in [2.75, 3.05) is 6.79 Å².